The van der Waals surface area contributed by atoms with Crippen molar-refractivity contribution in [2.24, 2.45) is 0 Å². The summed E-state index contributed by atoms with van der Waals surface area (Å²) in [4.78, 5) is 14.5. The predicted octanol–water partition coefficient (Wildman–Crippen LogP) is 1.03. The first-order valence-electron chi connectivity index (χ1n) is 4.39. The van der Waals surface area contributed by atoms with Crippen LogP contribution in [0, 0.1) is 11.6 Å². The Balaban J connectivity index is 2.67. The highest BCUT2D eigenvalue weighted by Crippen LogP contribution is 2.23. The molecule has 0 aliphatic carbocycles. The molecular weight excluding hydrogens is 234 g/mol. The van der Waals surface area contributed by atoms with E-state index in [1.54, 1.807) is 0 Å². The average molecular weight is 240 g/mol. The molecule has 0 aliphatic heterocycles. The number of benzene rings is 1. The molecule has 0 radical (unpaired) electrons. The molecule has 17 heavy (non-hydrogen) atoms. The number of nitrogens with zero attached hydrogens (tertiary/aromatic N) is 2. The minimum absolute atomic E-state index is 0.0428. The minimum atomic E-state index is -1.41. The maximum absolute atomic E-state index is 13.1. The highest BCUT2D eigenvalue weighted by atomic mass is 19.2. The van der Waals surface area contributed by atoms with Gasteiger partial charge >= 0.3 is 5.97 Å². The van der Waals surface area contributed by atoms with Crippen LogP contribution in [0.15, 0.2) is 12.1 Å². The fourth-order valence-corrected chi connectivity index (χ4v) is 1.31. The van der Waals surface area contributed by atoms with Crippen LogP contribution in [-0.4, -0.2) is 26.3 Å². The summed E-state index contributed by atoms with van der Waals surface area (Å²) in [7, 11) is 0. The Morgan fingerprint density at radius 3 is 2.53 bits per heavy atom. The molecule has 0 aliphatic rings. The number of H-pyrrole nitrogens is 1. The largest absolute Gasteiger partial charge is 0.478 e. The van der Waals surface area contributed by atoms with Gasteiger partial charge < -0.3 is 10.8 Å². The van der Waals surface area contributed by atoms with Crippen molar-refractivity contribution < 1.29 is 18.7 Å². The zero-order valence-corrected chi connectivity index (χ0v) is 8.24. The van der Waals surface area contributed by atoms with Gasteiger partial charge in [-0.25, -0.2) is 13.6 Å². The first-order valence-corrected chi connectivity index (χ1v) is 4.39. The zero-order chi connectivity index (χ0) is 12.6. The van der Waals surface area contributed by atoms with Crippen molar-refractivity contribution >= 4 is 11.9 Å². The lowest BCUT2D eigenvalue weighted by Crippen LogP contribution is -2.03. The molecule has 0 saturated carbocycles. The molecule has 0 fully saturated rings. The molecule has 2 aromatic rings. The van der Waals surface area contributed by atoms with E-state index in [9.17, 15) is 13.6 Å². The molecule has 0 unspecified atom stereocenters. The van der Waals surface area contributed by atoms with Crippen LogP contribution in [0.25, 0.3) is 11.4 Å². The number of hydrogen-bond acceptors (Lipinski definition) is 4. The first kappa shape index (κ1) is 11.0. The second-order valence-electron chi connectivity index (χ2n) is 3.16. The maximum atomic E-state index is 13.1. The van der Waals surface area contributed by atoms with Gasteiger partial charge in [0.1, 0.15) is 0 Å². The van der Waals surface area contributed by atoms with Crippen LogP contribution < -0.4 is 5.73 Å². The number of aromatic nitrogens is 3. The normalized spacial score (nSPS) is 10.5. The average Bonchev–Trinajstić information content (AvgIpc) is 2.68. The first-order chi connectivity index (χ1) is 7.99. The molecule has 6 nitrogen and oxygen atoms in total. The van der Waals surface area contributed by atoms with Crippen molar-refractivity contribution in [3.05, 3.63) is 29.3 Å². The summed E-state index contributed by atoms with van der Waals surface area (Å²) in [6.45, 7) is 0. The number of nitrogens with two attached hydrogens (primary N) is 1. The van der Waals surface area contributed by atoms with Crippen LogP contribution in [0.4, 0.5) is 14.7 Å². The Kier molecular flexibility index (Phi) is 2.47. The number of aromatic carboxylic acids is 1. The van der Waals surface area contributed by atoms with Gasteiger partial charge in [0, 0.05) is 5.56 Å². The van der Waals surface area contributed by atoms with Crippen LogP contribution in [-0.2, 0) is 0 Å². The highest BCUT2D eigenvalue weighted by molar-refractivity contribution is 5.95. The summed E-state index contributed by atoms with van der Waals surface area (Å²) in [6.07, 6.45) is 0. The molecule has 0 bridgehead atoms. The van der Waals surface area contributed by atoms with Gasteiger partial charge in [0.05, 0.1) is 5.56 Å². The maximum Gasteiger partial charge on any atom is 0.336 e. The Morgan fingerprint density at radius 1 is 1.35 bits per heavy atom. The topological polar surface area (TPSA) is 105 Å². The number of carboxylic acid groups (broad SMARTS) is 1. The van der Waals surface area contributed by atoms with Gasteiger partial charge in [-0.2, -0.15) is 4.98 Å². The number of aromatic amines is 1. The third kappa shape index (κ3) is 1.92. The number of rotatable bonds is 2. The number of carboxylic acids is 1. The summed E-state index contributed by atoms with van der Waals surface area (Å²) >= 11 is 0. The molecule has 0 atom stereocenters. The van der Waals surface area contributed by atoms with Crippen molar-refractivity contribution in [2.45, 2.75) is 0 Å². The quantitative estimate of drug-likeness (QED) is 0.727. The lowest BCUT2D eigenvalue weighted by Gasteiger charge is -2.03. The number of nitrogens with one attached hydrogen (secondary N) is 1. The SMILES string of the molecule is Nc1n[nH]c(-c2cc(F)c(F)cc2C(=O)O)n1. The van der Waals surface area contributed by atoms with Gasteiger partial charge in [0.15, 0.2) is 17.5 Å². The fraction of sp³-hybridized carbons (Fsp3) is 0. The Morgan fingerprint density at radius 2 is 2.00 bits per heavy atom. The van der Waals surface area contributed by atoms with E-state index < -0.39 is 23.2 Å². The summed E-state index contributed by atoms with van der Waals surface area (Å²) in [5.74, 6) is -4.01. The van der Waals surface area contributed by atoms with Gasteiger partial charge in [-0.05, 0) is 12.1 Å². The third-order valence-electron chi connectivity index (χ3n) is 2.05. The van der Waals surface area contributed by atoms with Gasteiger partial charge in [0.25, 0.3) is 0 Å². The van der Waals surface area contributed by atoms with Crippen LogP contribution in [0.2, 0.25) is 0 Å². The molecule has 8 heteroatoms. The van der Waals surface area contributed by atoms with E-state index in [1.165, 1.54) is 0 Å². The van der Waals surface area contributed by atoms with E-state index in [-0.39, 0.29) is 17.3 Å². The summed E-state index contributed by atoms with van der Waals surface area (Å²) in [5, 5.41) is 14.7. The summed E-state index contributed by atoms with van der Waals surface area (Å²) < 4.78 is 26.0. The molecule has 2 rings (SSSR count). The fourth-order valence-electron chi connectivity index (χ4n) is 1.31. The monoisotopic (exact) mass is 240 g/mol. The summed E-state index contributed by atoms with van der Waals surface area (Å²) in [5.41, 5.74) is 4.69. The molecule has 4 N–H and O–H groups in total. The summed E-state index contributed by atoms with van der Waals surface area (Å²) in [6, 6.07) is 1.30. The zero-order valence-electron chi connectivity index (χ0n) is 8.24. The Hall–Kier alpha value is -2.51. The van der Waals surface area contributed by atoms with Crippen molar-refractivity contribution in [3.8, 4) is 11.4 Å². The minimum Gasteiger partial charge on any atom is -0.478 e. The standard InChI is InChI=1S/C9H6F2N4O2/c10-5-1-3(7-13-9(12)15-14-7)4(8(16)17)2-6(5)11/h1-2H,(H,16,17)(H3,12,13,14,15). The highest BCUT2D eigenvalue weighted by Gasteiger charge is 2.18. The number of anilines is 1. The second kappa shape index (κ2) is 3.81. The van der Waals surface area contributed by atoms with E-state index in [0.29, 0.717) is 6.07 Å². The molecule has 1 aromatic heterocycles. The molecule has 1 aromatic carbocycles. The van der Waals surface area contributed by atoms with Gasteiger partial charge in [0.2, 0.25) is 5.95 Å². The van der Waals surface area contributed by atoms with Crippen molar-refractivity contribution in [1.29, 1.82) is 0 Å². The lowest BCUT2D eigenvalue weighted by atomic mass is 10.1. The second-order valence-corrected chi connectivity index (χ2v) is 3.16. The van der Waals surface area contributed by atoms with E-state index in [1.807, 2.05) is 0 Å². The van der Waals surface area contributed by atoms with Gasteiger partial charge in [-0.1, -0.05) is 0 Å². The van der Waals surface area contributed by atoms with Gasteiger partial charge in [-0.3, -0.25) is 5.10 Å². The molecule has 0 saturated heterocycles. The van der Waals surface area contributed by atoms with E-state index >= 15 is 0 Å². The molecule has 0 spiro atoms. The number of nitrogen functional groups attached to an aromatic ring is 1. The van der Waals surface area contributed by atoms with E-state index in [0.717, 1.165) is 6.07 Å². The molecule has 88 valence electrons. The van der Waals surface area contributed by atoms with E-state index in [4.69, 9.17) is 10.8 Å². The predicted molar refractivity (Wildman–Crippen MR) is 53.1 cm³/mol. The van der Waals surface area contributed by atoms with Crippen LogP contribution >= 0.6 is 0 Å². The smallest absolute Gasteiger partial charge is 0.336 e. The molecule has 1 heterocycles. The van der Waals surface area contributed by atoms with Crippen LogP contribution in [0.1, 0.15) is 10.4 Å². The number of carbonyl (C=O) groups is 1. The van der Waals surface area contributed by atoms with Crippen molar-refractivity contribution in [2.75, 3.05) is 5.73 Å². The Bertz CT molecular complexity index is 597. The van der Waals surface area contributed by atoms with E-state index in [2.05, 4.69) is 15.2 Å². The molecule has 0 amide bonds. The number of hydrogen-bond donors (Lipinski definition) is 3. The van der Waals surface area contributed by atoms with Gasteiger partial charge in [-0.15, -0.1) is 5.10 Å². The third-order valence-corrected chi connectivity index (χ3v) is 2.05. The van der Waals surface area contributed by atoms with Crippen LogP contribution in [0.3, 0.4) is 0 Å². The van der Waals surface area contributed by atoms with Crippen molar-refractivity contribution in [1.82, 2.24) is 15.2 Å². The Labute approximate surface area is 93.1 Å². The lowest BCUT2D eigenvalue weighted by molar-refractivity contribution is 0.0697. The number of halogens is 2. The molecular formula is C9H6F2N4O2. The van der Waals surface area contributed by atoms with Crippen LogP contribution in [0.5, 0.6) is 0 Å². The van der Waals surface area contributed by atoms with Crippen molar-refractivity contribution in [3.63, 3.8) is 0 Å².